The lowest BCUT2D eigenvalue weighted by Crippen LogP contribution is -2.40. The topological polar surface area (TPSA) is 75.7 Å². The summed E-state index contributed by atoms with van der Waals surface area (Å²) in [6, 6.07) is 6.36. The fourth-order valence-corrected chi connectivity index (χ4v) is 3.31. The minimum absolute atomic E-state index is 0.0636. The molecule has 1 rings (SSSR count). The second-order valence-corrected chi connectivity index (χ2v) is 5.94. The summed E-state index contributed by atoms with van der Waals surface area (Å²) in [5.74, 6) is -0.0605. The molecule has 0 atom stereocenters. The molecule has 0 radical (unpaired) electrons. The molecule has 6 nitrogen and oxygen atoms in total. The van der Waals surface area contributed by atoms with Gasteiger partial charge in [-0.05, 0) is 19.1 Å². The number of rotatable bonds is 7. The van der Waals surface area contributed by atoms with Gasteiger partial charge in [0.1, 0.15) is 10.6 Å². The van der Waals surface area contributed by atoms with Crippen LogP contribution in [0.25, 0.3) is 0 Å². The zero-order valence-electron chi connectivity index (χ0n) is 11.9. The number of benzene rings is 1. The number of nitrogens with one attached hydrogen (secondary N) is 1. The summed E-state index contributed by atoms with van der Waals surface area (Å²) < 4.78 is 31.3. The van der Waals surface area contributed by atoms with Gasteiger partial charge in [0.05, 0.1) is 13.7 Å². The Hall–Kier alpha value is -1.60. The van der Waals surface area contributed by atoms with Gasteiger partial charge < -0.3 is 10.1 Å². The Balaban J connectivity index is 3.09. The SMILES string of the molecule is CCNC(=O)CN(CC)S(=O)(=O)c1ccccc1OC. The zero-order chi connectivity index (χ0) is 15.2. The number of carbonyl (C=O) groups excluding carboxylic acids is 1. The van der Waals surface area contributed by atoms with E-state index >= 15 is 0 Å². The van der Waals surface area contributed by atoms with Crippen LogP contribution in [0.4, 0.5) is 0 Å². The highest BCUT2D eigenvalue weighted by molar-refractivity contribution is 7.89. The summed E-state index contributed by atoms with van der Waals surface area (Å²) >= 11 is 0. The van der Waals surface area contributed by atoms with Crippen molar-refractivity contribution in [2.75, 3.05) is 26.7 Å². The number of carbonyl (C=O) groups is 1. The first-order chi connectivity index (χ1) is 9.47. The van der Waals surface area contributed by atoms with Gasteiger partial charge in [-0.15, -0.1) is 0 Å². The average molecular weight is 300 g/mol. The van der Waals surface area contributed by atoms with E-state index in [1.165, 1.54) is 13.2 Å². The fourth-order valence-electron chi connectivity index (χ4n) is 1.75. The molecule has 0 aliphatic rings. The molecule has 1 aromatic carbocycles. The second-order valence-electron chi connectivity index (χ2n) is 4.04. The Kier molecular flexibility index (Phi) is 5.97. The molecule has 0 saturated carbocycles. The van der Waals surface area contributed by atoms with Gasteiger partial charge in [-0.3, -0.25) is 4.79 Å². The lowest BCUT2D eigenvalue weighted by Gasteiger charge is -2.21. The minimum Gasteiger partial charge on any atom is -0.495 e. The van der Waals surface area contributed by atoms with Crippen LogP contribution in [-0.4, -0.2) is 45.4 Å². The molecule has 0 fully saturated rings. The molecular formula is C13H20N2O4S. The largest absolute Gasteiger partial charge is 0.495 e. The summed E-state index contributed by atoms with van der Waals surface area (Å²) in [6.45, 7) is 3.93. The molecule has 0 aliphatic carbocycles. The summed E-state index contributed by atoms with van der Waals surface area (Å²) in [5, 5.41) is 2.59. The predicted octanol–water partition coefficient (Wildman–Crippen LogP) is 0.842. The van der Waals surface area contributed by atoms with Crippen molar-refractivity contribution >= 4 is 15.9 Å². The van der Waals surface area contributed by atoms with Gasteiger partial charge in [0, 0.05) is 13.1 Å². The Morgan fingerprint density at radius 2 is 1.95 bits per heavy atom. The molecule has 0 bridgehead atoms. The number of hydrogen-bond acceptors (Lipinski definition) is 4. The predicted molar refractivity (Wildman–Crippen MR) is 76.1 cm³/mol. The molecular weight excluding hydrogens is 280 g/mol. The first-order valence-corrected chi connectivity index (χ1v) is 7.81. The van der Waals surface area contributed by atoms with Gasteiger partial charge in [0.15, 0.2) is 0 Å². The first-order valence-electron chi connectivity index (χ1n) is 6.37. The van der Waals surface area contributed by atoms with E-state index in [2.05, 4.69) is 5.32 Å². The van der Waals surface area contributed by atoms with E-state index in [1.807, 2.05) is 0 Å². The van der Waals surface area contributed by atoms with E-state index < -0.39 is 10.0 Å². The number of hydrogen-bond donors (Lipinski definition) is 1. The maximum Gasteiger partial charge on any atom is 0.247 e. The molecule has 0 saturated heterocycles. The van der Waals surface area contributed by atoms with E-state index in [9.17, 15) is 13.2 Å². The Morgan fingerprint density at radius 3 is 2.50 bits per heavy atom. The van der Waals surface area contributed by atoms with Crippen LogP contribution in [0.15, 0.2) is 29.2 Å². The smallest absolute Gasteiger partial charge is 0.247 e. The summed E-state index contributed by atoms with van der Waals surface area (Å²) in [7, 11) is -2.35. The molecule has 0 heterocycles. The van der Waals surface area contributed by atoms with Crippen LogP contribution in [0.1, 0.15) is 13.8 Å². The van der Waals surface area contributed by atoms with E-state index in [0.29, 0.717) is 6.54 Å². The molecule has 1 aromatic rings. The van der Waals surface area contributed by atoms with Gasteiger partial charge in [-0.1, -0.05) is 19.1 Å². The van der Waals surface area contributed by atoms with Crippen molar-refractivity contribution in [1.82, 2.24) is 9.62 Å². The van der Waals surface area contributed by atoms with Crippen LogP contribution in [0.3, 0.4) is 0 Å². The molecule has 0 unspecified atom stereocenters. The van der Waals surface area contributed by atoms with Gasteiger partial charge in [0.25, 0.3) is 0 Å². The quantitative estimate of drug-likeness (QED) is 0.809. The summed E-state index contributed by atoms with van der Waals surface area (Å²) in [6.07, 6.45) is 0. The third-order valence-electron chi connectivity index (χ3n) is 2.73. The van der Waals surface area contributed by atoms with Crippen molar-refractivity contribution in [2.45, 2.75) is 18.7 Å². The maximum atomic E-state index is 12.5. The van der Waals surface area contributed by atoms with Crippen molar-refractivity contribution in [2.24, 2.45) is 0 Å². The van der Waals surface area contributed by atoms with E-state index in [0.717, 1.165) is 4.31 Å². The van der Waals surface area contributed by atoms with Gasteiger partial charge >= 0.3 is 0 Å². The number of sulfonamides is 1. The monoisotopic (exact) mass is 300 g/mol. The Labute approximate surface area is 119 Å². The third-order valence-corrected chi connectivity index (χ3v) is 4.69. The molecule has 0 spiro atoms. The molecule has 112 valence electrons. The Bertz CT molecular complexity index is 557. The molecule has 7 heteroatoms. The number of para-hydroxylation sites is 1. The lowest BCUT2D eigenvalue weighted by molar-refractivity contribution is -0.121. The molecule has 0 aliphatic heterocycles. The first kappa shape index (κ1) is 16.5. The number of ether oxygens (including phenoxy) is 1. The maximum absolute atomic E-state index is 12.5. The van der Waals surface area contributed by atoms with Crippen LogP contribution < -0.4 is 10.1 Å². The highest BCUT2D eigenvalue weighted by Crippen LogP contribution is 2.25. The summed E-state index contributed by atoms with van der Waals surface area (Å²) in [4.78, 5) is 11.7. The molecule has 0 aromatic heterocycles. The molecule has 1 amide bonds. The number of methoxy groups -OCH3 is 1. The van der Waals surface area contributed by atoms with E-state index in [1.54, 1.807) is 32.0 Å². The fraction of sp³-hybridized carbons (Fsp3) is 0.462. The van der Waals surface area contributed by atoms with Crippen molar-refractivity contribution in [3.05, 3.63) is 24.3 Å². The Morgan fingerprint density at radius 1 is 1.30 bits per heavy atom. The number of amides is 1. The van der Waals surface area contributed by atoms with Gasteiger partial charge in [0.2, 0.25) is 15.9 Å². The van der Waals surface area contributed by atoms with Crippen molar-refractivity contribution in [1.29, 1.82) is 0 Å². The van der Waals surface area contributed by atoms with Crippen LogP contribution in [0.2, 0.25) is 0 Å². The van der Waals surface area contributed by atoms with E-state index in [-0.39, 0.29) is 29.6 Å². The van der Waals surface area contributed by atoms with Crippen LogP contribution in [0.5, 0.6) is 5.75 Å². The number of nitrogens with zero attached hydrogens (tertiary/aromatic N) is 1. The third kappa shape index (κ3) is 3.71. The molecule has 20 heavy (non-hydrogen) atoms. The molecule has 1 N–H and O–H groups in total. The highest BCUT2D eigenvalue weighted by Gasteiger charge is 2.27. The van der Waals surface area contributed by atoms with Crippen molar-refractivity contribution in [3.8, 4) is 5.75 Å². The average Bonchev–Trinajstić information content (AvgIpc) is 2.44. The van der Waals surface area contributed by atoms with Crippen LogP contribution in [0, 0.1) is 0 Å². The normalized spacial score (nSPS) is 11.4. The summed E-state index contributed by atoms with van der Waals surface area (Å²) in [5.41, 5.74) is 0. The van der Waals surface area contributed by atoms with Gasteiger partial charge in [-0.25, -0.2) is 8.42 Å². The highest BCUT2D eigenvalue weighted by atomic mass is 32.2. The van der Waals surface area contributed by atoms with E-state index in [4.69, 9.17) is 4.74 Å². The van der Waals surface area contributed by atoms with Crippen LogP contribution in [-0.2, 0) is 14.8 Å². The minimum atomic E-state index is -3.76. The standard InChI is InChI=1S/C13H20N2O4S/c1-4-14-13(16)10-15(5-2)20(17,18)12-9-7-6-8-11(12)19-3/h6-9H,4-5,10H2,1-3H3,(H,14,16). The lowest BCUT2D eigenvalue weighted by atomic mass is 10.3. The second kappa shape index (κ2) is 7.25. The number of likely N-dealkylation sites (N-methyl/N-ethyl adjacent to an activating group) is 2. The zero-order valence-corrected chi connectivity index (χ0v) is 12.7. The van der Waals surface area contributed by atoms with Gasteiger partial charge in [-0.2, -0.15) is 4.31 Å². The van der Waals surface area contributed by atoms with Crippen LogP contribution >= 0.6 is 0 Å². The van der Waals surface area contributed by atoms with Crippen molar-refractivity contribution < 1.29 is 17.9 Å². The van der Waals surface area contributed by atoms with Crippen molar-refractivity contribution in [3.63, 3.8) is 0 Å².